The number of hydrogen-bond donors (Lipinski definition) is 0. The van der Waals surface area contributed by atoms with Crippen LogP contribution in [0, 0.1) is 0 Å². The van der Waals surface area contributed by atoms with Gasteiger partial charge in [0.2, 0.25) is 6.79 Å². The van der Waals surface area contributed by atoms with Gasteiger partial charge < -0.3 is 14.2 Å². The fourth-order valence-corrected chi connectivity index (χ4v) is 2.98. The molecule has 2 aliphatic rings. The molecule has 1 aromatic carbocycles. The van der Waals surface area contributed by atoms with Gasteiger partial charge in [-0.15, -0.1) is 0 Å². The van der Waals surface area contributed by atoms with E-state index in [0.717, 1.165) is 27.2 Å². The van der Waals surface area contributed by atoms with Crippen molar-refractivity contribution in [3.05, 3.63) is 12.1 Å². The minimum atomic E-state index is -0.00901. The van der Waals surface area contributed by atoms with Gasteiger partial charge in [0.25, 0.3) is 0 Å². The van der Waals surface area contributed by atoms with Crippen molar-refractivity contribution in [2.45, 2.75) is 37.8 Å². The lowest BCUT2D eigenvalue weighted by atomic mass is 10.3. The highest BCUT2D eigenvalue weighted by Gasteiger charge is 2.27. The molecule has 3 rings (SSSR count). The number of benzene rings is 1. The standard InChI is InChI=1S/C13H15NO3S/c1-7(2)14-13-8(3)17-11-4-9-10(16-6-15-9)5-12(11)18-13/h4-5,7-8H,6H2,1-3H3. The van der Waals surface area contributed by atoms with Crippen LogP contribution in [0.4, 0.5) is 0 Å². The zero-order valence-electron chi connectivity index (χ0n) is 10.6. The molecule has 0 aromatic heterocycles. The molecule has 0 amide bonds. The van der Waals surface area contributed by atoms with Crippen molar-refractivity contribution in [2.24, 2.45) is 4.99 Å². The number of ether oxygens (including phenoxy) is 3. The van der Waals surface area contributed by atoms with E-state index in [1.165, 1.54) is 0 Å². The molecule has 1 unspecified atom stereocenters. The zero-order valence-corrected chi connectivity index (χ0v) is 11.4. The van der Waals surface area contributed by atoms with Gasteiger partial charge >= 0.3 is 0 Å². The number of hydrogen-bond acceptors (Lipinski definition) is 5. The van der Waals surface area contributed by atoms with E-state index < -0.39 is 0 Å². The van der Waals surface area contributed by atoms with E-state index in [0.29, 0.717) is 0 Å². The predicted molar refractivity (Wildman–Crippen MR) is 71.1 cm³/mol. The normalized spacial score (nSPS) is 23.1. The van der Waals surface area contributed by atoms with Gasteiger partial charge in [-0.3, -0.25) is 4.99 Å². The van der Waals surface area contributed by atoms with E-state index in [-0.39, 0.29) is 18.9 Å². The van der Waals surface area contributed by atoms with Crippen LogP contribution in [-0.2, 0) is 0 Å². The van der Waals surface area contributed by atoms with Crippen molar-refractivity contribution in [3.8, 4) is 17.2 Å². The second-order valence-electron chi connectivity index (χ2n) is 4.58. The van der Waals surface area contributed by atoms with Gasteiger partial charge in [0.05, 0.1) is 4.90 Å². The smallest absolute Gasteiger partial charge is 0.231 e. The molecule has 0 N–H and O–H groups in total. The van der Waals surface area contributed by atoms with E-state index in [4.69, 9.17) is 14.2 Å². The molecule has 2 heterocycles. The summed E-state index contributed by atoms with van der Waals surface area (Å²) in [6.45, 7) is 6.43. The molecule has 0 radical (unpaired) electrons. The fraction of sp³-hybridized carbons (Fsp3) is 0.462. The molecule has 1 aromatic rings. The van der Waals surface area contributed by atoms with E-state index >= 15 is 0 Å². The van der Waals surface area contributed by atoms with Crippen molar-refractivity contribution in [3.63, 3.8) is 0 Å². The first-order valence-corrected chi connectivity index (χ1v) is 6.81. The largest absolute Gasteiger partial charge is 0.483 e. The number of thioether (sulfide) groups is 1. The summed E-state index contributed by atoms with van der Waals surface area (Å²) in [7, 11) is 0. The van der Waals surface area contributed by atoms with Crippen molar-refractivity contribution >= 4 is 16.8 Å². The Labute approximate surface area is 110 Å². The minimum Gasteiger partial charge on any atom is -0.483 e. The molecule has 0 saturated heterocycles. The maximum Gasteiger partial charge on any atom is 0.231 e. The van der Waals surface area contributed by atoms with Crippen LogP contribution in [0.2, 0.25) is 0 Å². The third-order valence-corrected chi connectivity index (χ3v) is 3.88. The first kappa shape index (κ1) is 11.7. The van der Waals surface area contributed by atoms with E-state index in [1.54, 1.807) is 11.8 Å². The Hall–Kier alpha value is -1.36. The maximum atomic E-state index is 5.88. The highest BCUT2D eigenvalue weighted by molar-refractivity contribution is 8.14. The number of nitrogens with zero attached hydrogens (tertiary/aromatic N) is 1. The SMILES string of the molecule is CC(C)N=C1Sc2cc3c(cc2OC1C)OCO3. The molecule has 18 heavy (non-hydrogen) atoms. The van der Waals surface area contributed by atoms with Gasteiger partial charge in [-0.05, 0) is 20.8 Å². The summed E-state index contributed by atoms with van der Waals surface area (Å²) in [4.78, 5) is 5.63. The zero-order chi connectivity index (χ0) is 12.7. The third kappa shape index (κ3) is 2.03. The quantitative estimate of drug-likeness (QED) is 0.782. The molecular formula is C13H15NO3S. The van der Waals surface area contributed by atoms with Gasteiger partial charge in [0, 0.05) is 18.2 Å². The Kier molecular flexibility index (Phi) is 2.86. The average Bonchev–Trinajstić information content (AvgIpc) is 2.73. The summed E-state index contributed by atoms with van der Waals surface area (Å²) in [6.07, 6.45) is -0.00901. The van der Waals surface area contributed by atoms with Crippen LogP contribution < -0.4 is 14.2 Å². The van der Waals surface area contributed by atoms with Crippen molar-refractivity contribution in [1.29, 1.82) is 0 Å². The summed E-state index contributed by atoms with van der Waals surface area (Å²) < 4.78 is 16.6. The van der Waals surface area contributed by atoms with Crippen LogP contribution in [0.1, 0.15) is 20.8 Å². The summed E-state index contributed by atoms with van der Waals surface area (Å²) in [6, 6.07) is 4.13. The molecule has 0 fully saturated rings. The molecule has 0 aliphatic carbocycles. The van der Waals surface area contributed by atoms with Crippen LogP contribution in [0.5, 0.6) is 17.2 Å². The lowest BCUT2D eigenvalue weighted by Gasteiger charge is -2.25. The lowest BCUT2D eigenvalue weighted by molar-refractivity contribution is 0.173. The van der Waals surface area contributed by atoms with Crippen molar-refractivity contribution in [2.75, 3.05) is 6.79 Å². The molecule has 1 atom stereocenters. The minimum absolute atomic E-state index is 0.00901. The van der Waals surface area contributed by atoms with Crippen LogP contribution >= 0.6 is 11.8 Å². The van der Waals surface area contributed by atoms with Crippen molar-refractivity contribution < 1.29 is 14.2 Å². The Morgan fingerprint density at radius 2 is 1.94 bits per heavy atom. The monoisotopic (exact) mass is 265 g/mol. The molecule has 5 heteroatoms. The molecule has 0 bridgehead atoms. The van der Waals surface area contributed by atoms with E-state index in [1.807, 2.05) is 19.1 Å². The van der Waals surface area contributed by atoms with Crippen LogP contribution in [0.15, 0.2) is 22.0 Å². The molecule has 2 aliphatic heterocycles. The molecular weight excluding hydrogens is 250 g/mol. The van der Waals surface area contributed by atoms with Crippen LogP contribution in [0.3, 0.4) is 0 Å². The first-order valence-electron chi connectivity index (χ1n) is 5.99. The van der Waals surface area contributed by atoms with Gasteiger partial charge in [-0.25, -0.2) is 0 Å². The Morgan fingerprint density at radius 1 is 1.22 bits per heavy atom. The summed E-state index contributed by atoms with van der Waals surface area (Å²) in [5, 5.41) is 1.01. The van der Waals surface area contributed by atoms with Gasteiger partial charge in [0.1, 0.15) is 16.9 Å². The van der Waals surface area contributed by atoms with E-state index in [9.17, 15) is 0 Å². The van der Waals surface area contributed by atoms with Crippen LogP contribution in [0.25, 0.3) is 0 Å². The number of fused-ring (bicyclic) bond motifs is 2. The van der Waals surface area contributed by atoms with Gasteiger partial charge in [0.15, 0.2) is 11.5 Å². The summed E-state index contributed by atoms with van der Waals surface area (Å²) >= 11 is 1.65. The number of rotatable bonds is 1. The summed E-state index contributed by atoms with van der Waals surface area (Å²) in [5.41, 5.74) is 0. The molecule has 4 nitrogen and oxygen atoms in total. The highest BCUT2D eigenvalue weighted by Crippen LogP contribution is 2.45. The molecule has 0 spiro atoms. The fourth-order valence-electron chi connectivity index (χ4n) is 1.90. The Morgan fingerprint density at radius 3 is 2.67 bits per heavy atom. The van der Waals surface area contributed by atoms with Crippen LogP contribution in [-0.4, -0.2) is 24.0 Å². The molecule has 0 saturated carbocycles. The Balaban J connectivity index is 1.97. The van der Waals surface area contributed by atoms with E-state index in [2.05, 4.69) is 18.8 Å². The van der Waals surface area contributed by atoms with Gasteiger partial charge in [-0.1, -0.05) is 11.8 Å². The highest BCUT2D eigenvalue weighted by atomic mass is 32.2. The predicted octanol–water partition coefficient (Wildman–Crippen LogP) is 3.10. The average molecular weight is 265 g/mol. The van der Waals surface area contributed by atoms with Gasteiger partial charge in [-0.2, -0.15) is 0 Å². The Bertz CT molecular complexity index is 513. The topological polar surface area (TPSA) is 40.0 Å². The second-order valence-corrected chi connectivity index (χ2v) is 5.64. The number of aliphatic imine (C=N–C) groups is 1. The van der Waals surface area contributed by atoms with Crippen molar-refractivity contribution in [1.82, 2.24) is 0 Å². The maximum absolute atomic E-state index is 5.88. The first-order chi connectivity index (χ1) is 8.63. The third-order valence-electron chi connectivity index (χ3n) is 2.69. The second kappa shape index (κ2) is 4.39. The lowest BCUT2D eigenvalue weighted by Crippen LogP contribution is -2.26. The molecule has 96 valence electrons. The summed E-state index contributed by atoms with van der Waals surface area (Å²) in [5.74, 6) is 2.38.